The molecule has 0 saturated carbocycles. The summed E-state index contributed by atoms with van der Waals surface area (Å²) in [6, 6.07) is 5.74. The molecule has 3 nitrogen and oxygen atoms in total. The van der Waals surface area contributed by atoms with Gasteiger partial charge in [0.05, 0.1) is 0 Å². The predicted octanol–water partition coefficient (Wildman–Crippen LogP) is 2.19. The van der Waals surface area contributed by atoms with Crippen LogP contribution in [0.15, 0.2) is 24.3 Å². The Balaban J connectivity index is 0.00000225. The fraction of sp³-hybridized carbons (Fsp3) is 0.364. The topological polar surface area (TPSA) is 41.1 Å². The van der Waals surface area contributed by atoms with Crippen molar-refractivity contribution in [1.82, 2.24) is 5.32 Å². The molecule has 0 unspecified atom stereocenters. The molecule has 0 aliphatic carbocycles. The van der Waals surface area contributed by atoms with E-state index >= 15 is 0 Å². The monoisotopic (exact) mass is 246 g/mol. The van der Waals surface area contributed by atoms with Crippen molar-refractivity contribution in [3.63, 3.8) is 0 Å². The van der Waals surface area contributed by atoms with E-state index in [-0.39, 0.29) is 24.1 Å². The molecule has 0 saturated heterocycles. The Morgan fingerprint density at radius 2 is 1.94 bits per heavy atom. The van der Waals surface area contributed by atoms with Crippen LogP contribution in [0.4, 0.5) is 10.1 Å². The van der Waals surface area contributed by atoms with Crippen LogP contribution in [-0.2, 0) is 4.79 Å². The third-order valence-electron chi connectivity index (χ3n) is 1.96. The molecule has 1 rings (SSSR count). The van der Waals surface area contributed by atoms with Gasteiger partial charge < -0.3 is 10.6 Å². The lowest BCUT2D eigenvalue weighted by Gasteiger charge is -2.04. The van der Waals surface area contributed by atoms with Crippen LogP contribution in [0, 0.1) is 5.82 Å². The summed E-state index contributed by atoms with van der Waals surface area (Å²) in [6.07, 6.45) is 1.27. The highest BCUT2D eigenvalue weighted by Crippen LogP contribution is 2.08. The molecule has 0 fully saturated rings. The summed E-state index contributed by atoms with van der Waals surface area (Å²) in [5, 5.41) is 5.66. The highest BCUT2D eigenvalue weighted by molar-refractivity contribution is 5.90. The number of rotatable bonds is 5. The third kappa shape index (κ3) is 5.68. The smallest absolute Gasteiger partial charge is 0.224 e. The highest BCUT2D eigenvalue weighted by Gasteiger charge is 2.01. The van der Waals surface area contributed by atoms with E-state index in [1.165, 1.54) is 12.1 Å². The second-order valence-electron chi connectivity index (χ2n) is 3.26. The zero-order chi connectivity index (χ0) is 11.1. The van der Waals surface area contributed by atoms with Gasteiger partial charge in [0.15, 0.2) is 0 Å². The first-order valence-electron chi connectivity index (χ1n) is 4.92. The van der Waals surface area contributed by atoms with E-state index in [2.05, 4.69) is 10.6 Å². The summed E-state index contributed by atoms with van der Waals surface area (Å²) in [4.78, 5) is 11.3. The summed E-state index contributed by atoms with van der Waals surface area (Å²) < 4.78 is 12.6. The maximum Gasteiger partial charge on any atom is 0.224 e. The largest absolute Gasteiger partial charge is 0.326 e. The van der Waals surface area contributed by atoms with E-state index in [0.29, 0.717) is 12.1 Å². The van der Waals surface area contributed by atoms with Gasteiger partial charge in [0, 0.05) is 12.1 Å². The van der Waals surface area contributed by atoms with Crippen molar-refractivity contribution in [3.8, 4) is 0 Å². The Bertz CT molecular complexity index is 316. The van der Waals surface area contributed by atoms with Crippen LogP contribution in [0.25, 0.3) is 0 Å². The number of hydrogen-bond donors (Lipinski definition) is 2. The SMILES string of the molecule is CNCCCC(=O)Nc1ccc(F)cc1.Cl. The molecule has 1 amide bonds. The molecule has 0 radical (unpaired) electrons. The van der Waals surface area contributed by atoms with Gasteiger partial charge in [-0.2, -0.15) is 0 Å². The van der Waals surface area contributed by atoms with Gasteiger partial charge in [0.2, 0.25) is 5.91 Å². The van der Waals surface area contributed by atoms with Crippen LogP contribution in [0.1, 0.15) is 12.8 Å². The van der Waals surface area contributed by atoms with Gasteiger partial charge in [-0.3, -0.25) is 4.79 Å². The zero-order valence-electron chi connectivity index (χ0n) is 9.13. The zero-order valence-corrected chi connectivity index (χ0v) is 9.94. The number of benzene rings is 1. The lowest BCUT2D eigenvalue weighted by Crippen LogP contribution is -2.15. The maximum absolute atomic E-state index is 12.6. The molecular formula is C11H16ClFN2O. The summed E-state index contributed by atoms with van der Waals surface area (Å²) in [6.45, 7) is 0.816. The van der Waals surface area contributed by atoms with Crippen molar-refractivity contribution in [1.29, 1.82) is 0 Å². The molecule has 0 aliphatic heterocycles. The van der Waals surface area contributed by atoms with Gasteiger partial charge in [-0.25, -0.2) is 4.39 Å². The number of halogens is 2. The van der Waals surface area contributed by atoms with Gasteiger partial charge in [-0.1, -0.05) is 0 Å². The van der Waals surface area contributed by atoms with Crippen molar-refractivity contribution in [2.24, 2.45) is 0 Å². The van der Waals surface area contributed by atoms with Gasteiger partial charge in [0.25, 0.3) is 0 Å². The van der Waals surface area contributed by atoms with Gasteiger partial charge in [-0.05, 0) is 44.3 Å². The molecule has 0 heterocycles. The number of amides is 1. The van der Waals surface area contributed by atoms with Crippen molar-refractivity contribution >= 4 is 24.0 Å². The van der Waals surface area contributed by atoms with Crippen LogP contribution in [0.2, 0.25) is 0 Å². The third-order valence-corrected chi connectivity index (χ3v) is 1.96. The molecule has 0 spiro atoms. The number of carbonyl (C=O) groups is 1. The summed E-state index contributed by atoms with van der Waals surface area (Å²) >= 11 is 0. The Morgan fingerprint density at radius 1 is 1.31 bits per heavy atom. The van der Waals surface area contributed by atoms with Gasteiger partial charge in [0.1, 0.15) is 5.82 Å². The summed E-state index contributed by atoms with van der Waals surface area (Å²) in [7, 11) is 1.85. The Hall–Kier alpha value is -1.13. The van der Waals surface area contributed by atoms with Crippen LogP contribution in [0.5, 0.6) is 0 Å². The number of nitrogens with one attached hydrogen (secondary N) is 2. The molecule has 0 bridgehead atoms. The Morgan fingerprint density at radius 3 is 2.50 bits per heavy atom. The van der Waals surface area contributed by atoms with Crippen molar-refractivity contribution in [2.75, 3.05) is 18.9 Å². The van der Waals surface area contributed by atoms with E-state index in [1.54, 1.807) is 12.1 Å². The van der Waals surface area contributed by atoms with Crippen LogP contribution in [-0.4, -0.2) is 19.5 Å². The van der Waals surface area contributed by atoms with E-state index in [0.717, 1.165) is 13.0 Å². The molecular weight excluding hydrogens is 231 g/mol. The molecule has 0 atom stereocenters. The molecule has 1 aromatic carbocycles. The molecule has 16 heavy (non-hydrogen) atoms. The Kier molecular flexibility index (Phi) is 7.50. The highest BCUT2D eigenvalue weighted by atomic mass is 35.5. The van der Waals surface area contributed by atoms with Gasteiger partial charge >= 0.3 is 0 Å². The minimum absolute atomic E-state index is 0. The number of anilines is 1. The standard InChI is InChI=1S/C11H15FN2O.ClH/c1-13-8-2-3-11(15)14-10-6-4-9(12)5-7-10;/h4-7,13H,2-3,8H2,1H3,(H,14,15);1H. The Labute approximate surface area is 101 Å². The number of carbonyl (C=O) groups excluding carboxylic acids is 1. The van der Waals surface area contributed by atoms with Crippen molar-refractivity contribution < 1.29 is 9.18 Å². The van der Waals surface area contributed by atoms with Crippen LogP contribution in [0.3, 0.4) is 0 Å². The fourth-order valence-corrected chi connectivity index (χ4v) is 1.18. The second kappa shape index (κ2) is 8.07. The summed E-state index contributed by atoms with van der Waals surface area (Å²) in [5.41, 5.74) is 0.630. The maximum atomic E-state index is 12.6. The van der Waals surface area contributed by atoms with Crippen LogP contribution < -0.4 is 10.6 Å². The minimum Gasteiger partial charge on any atom is -0.326 e. The van der Waals surface area contributed by atoms with E-state index in [4.69, 9.17) is 0 Å². The second-order valence-corrected chi connectivity index (χ2v) is 3.26. The number of hydrogen-bond acceptors (Lipinski definition) is 2. The first kappa shape index (κ1) is 14.9. The first-order valence-corrected chi connectivity index (χ1v) is 4.92. The molecule has 0 aromatic heterocycles. The van der Waals surface area contributed by atoms with Crippen LogP contribution >= 0.6 is 12.4 Å². The molecule has 5 heteroatoms. The van der Waals surface area contributed by atoms with E-state index < -0.39 is 0 Å². The van der Waals surface area contributed by atoms with Crippen molar-refractivity contribution in [3.05, 3.63) is 30.1 Å². The normalized spacial score (nSPS) is 9.38. The average Bonchev–Trinajstić information content (AvgIpc) is 2.22. The lowest BCUT2D eigenvalue weighted by atomic mass is 10.2. The molecule has 2 N–H and O–H groups in total. The van der Waals surface area contributed by atoms with Gasteiger partial charge in [-0.15, -0.1) is 12.4 Å². The summed E-state index contributed by atoms with van der Waals surface area (Å²) in [5.74, 6) is -0.347. The fourth-order valence-electron chi connectivity index (χ4n) is 1.18. The van der Waals surface area contributed by atoms with E-state index in [1.807, 2.05) is 7.05 Å². The van der Waals surface area contributed by atoms with E-state index in [9.17, 15) is 9.18 Å². The lowest BCUT2D eigenvalue weighted by molar-refractivity contribution is -0.116. The minimum atomic E-state index is -0.303. The van der Waals surface area contributed by atoms with Crippen molar-refractivity contribution in [2.45, 2.75) is 12.8 Å². The first-order chi connectivity index (χ1) is 7.22. The molecule has 0 aliphatic rings. The quantitative estimate of drug-likeness (QED) is 0.782. The molecule has 90 valence electrons. The molecule has 1 aromatic rings. The average molecular weight is 247 g/mol. The predicted molar refractivity (Wildman–Crippen MR) is 65.4 cm³/mol.